The largest absolute Gasteiger partial charge is 0.508 e. The normalized spacial score (nSPS) is 28.8. The second-order valence-electron chi connectivity index (χ2n) is 7.47. The summed E-state index contributed by atoms with van der Waals surface area (Å²) in [6.45, 7) is -0.656. The minimum Gasteiger partial charge on any atom is -0.508 e. The molecule has 32 heavy (non-hydrogen) atoms. The third-order valence-electron chi connectivity index (χ3n) is 5.58. The summed E-state index contributed by atoms with van der Waals surface area (Å²) in [5.41, 5.74) is 0.639. The van der Waals surface area contributed by atoms with Crippen LogP contribution in [-0.2, 0) is 14.3 Å². The Labute approximate surface area is 182 Å². The Morgan fingerprint density at radius 1 is 1.00 bits per heavy atom. The van der Waals surface area contributed by atoms with E-state index in [9.17, 15) is 35.4 Å². The van der Waals surface area contributed by atoms with E-state index in [1.807, 2.05) is 0 Å². The number of aliphatic hydroxyl groups excluding tert-OH is 4. The molecule has 2 heterocycles. The van der Waals surface area contributed by atoms with Gasteiger partial charge in [0.15, 0.2) is 0 Å². The number of carbonyl (C=O) groups is 1. The predicted molar refractivity (Wildman–Crippen MR) is 108 cm³/mol. The van der Waals surface area contributed by atoms with Gasteiger partial charge in [-0.3, -0.25) is 0 Å². The van der Waals surface area contributed by atoms with Gasteiger partial charge in [0.25, 0.3) is 0 Å². The molecule has 4 rings (SSSR count). The van der Waals surface area contributed by atoms with Crippen LogP contribution in [-0.4, -0.2) is 74.7 Å². The summed E-state index contributed by atoms with van der Waals surface area (Å²) >= 11 is 0. The van der Waals surface area contributed by atoms with Crippen LogP contribution in [0.15, 0.2) is 36.4 Å². The van der Waals surface area contributed by atoms with Gasteiger partial charge in [0, 0.05) is 11.1 Å². The maximum atomic E-state index is 12.8. The van der Waals surface area contributed by atoms with E-state index in [1.165, 1.54) is 31.4 Å². The average molecular weight is 446 g/mol. The molecule has 0 spiro atoms. The molecule has 2 aromatic carbocycles. The molecule has 10 nitrogen and oxygen atoms in total. The summed E-state index contributed by atoms with van der Waals surface area (Å²) in [5.74, 6) is -1.10. The standard InChI is InChI=1S/C22H22O10/c1-30-19(9-2-4-10(24)5-3-9)14-11-6-7-12(25)15(20(11)32-22(14)29)21-18(28)17(27)16(26)13(8-23)31-21/h2-7,13,16-18,21,23-28H,8H2,1H3/t13-,16-,17+,18-,21+/m1/s1. The third kappa shape index (κ3) is 3.48. The zero-order valence-electron chi connectivity index (χ0n) is 16.9. The van der Waals surface area contributed by atoms with Crippen LogP contribution in [0.5, 0.6) is 17.2 Å². The number of rotatable bonds is 4. The topological polar surface area (TPSA) is 166 Å². The van der Waals surface area contributed by atoms with Crippen molar-refractivity contribution < 1.29 is 49.6 Å². The number of hydrogen-bond acceptors (Lipinski definition) is 10. The number of methoxy groups -OCH3 is 1. The van der Waals surface area contributed by atoms with Crippen molar-refractivity contribution in [3.05, 3.63) is 53.1 Å². The van der Waals surface area contributed by atoms with E-state index in [-0.39, 0.29) is 39.7 Å². The Morgan fingerprint density at radius 2 is 1.69 bits per heavy atom. The summed E-state index contributed by atoms with van der Waals surface area (Å²) in [4.78, 5) is 12.8. The van der Waals surface area contributed by atoms with Crippen LogP contribution >= 0.6 is 0 Å². The van der Waals surface area contributed by atoms with Crippen molar-refractivity contribution in [2.45, 2.75) is 30.5 Å². The summed E-state index contributed by atoms with van der Waals surface area (Å²) in [6.07, 6.45) is -7.58. The minimum atomic E-state index is -1.68. The predicted octanol–water partition coefficient (Wildman–Crippen LogP) is 0.0464. The molecule has 0 radical (unpaired) electrons. The van der Waals surface area contributed by atoms with Gasteiger partial charge < -0.3 is 44.8 Å². The average Bonchev–Trinajstić information content (AvgIpc) is 3.10. The molecule has 170 valence electrons. The number of benzene rings is 2. The van der Waals surface area contributed by atoms with Gasteiger partial charge in [0.2, 0.25) is 0 Å². The highest BCUT2D eigenvalue weighted by atomic mass is 16.6. The van der Waals surface area contributed by atoms with Crippen molar-refractivity contribution in [1.82, 2.24) is 0 Å². The van der Waals surface area contributed by atoms with E-state index in [0.29, 0.717) is 5.56 Å². The number of fused-ring (bicyclic) bond motifs is 1. The summed E-state index contributed by atoms with van der Waals surface area (Å²) < 4.78 is 16.4. The number of ether oxygens (including phenoxy) is 3. The summed E-state index contributed by atoms with van der Waals surface area (Å²) in [7, 11) is 1.36. The molecule has 0 aromatic heterocycles. The van der Waals surface area contributed by atoms with E-state index >= 15 is 0 Å². The lowest BCUT2D eigenvalue weighted by atomic mass is 9.89. The maximum absolute atomic E-state index is 12.8. The van der Waals surface area contributed by atoms with Gasteiger partial charge in [-0.1, -0.05) is 0 Å². The lowest BCUT2D eigenvalue weighted by molar-refractivity contribution is -0.232. The van der Waals surface area contributed by atoms with Crippen molar-refractivity contribution in [2.75, 3.05) is 13.7 Å². The van der Waals surface area contributed by atoms with Gasteiger partial charge in [-0.25, -0.2) is 4.79 Å². The molecule has 10 heteroatoms. The molecule has 0 bridgehead atoms. The second-order valence-corrected chi connectivity index (χ2v) is 7.47. The van der Waals surface area contributed by atoms with Crippen molar-refractivity contribution >= 4 is 17.3 Å². The number of hydrogen-bond donors (Lipinski definition) is 6. The Hall–Kier alpha value is -3.15. The number of aromatic hydroxyl groups is 2. The molecular formula is C22H22O10. The van der Waals surface area contributed by atoms with Crippen LogP contribution in [0.2, 0.25) is 0 Å². The minimum absolute atomic E-state index is 0.0263. The fraction of sp³-hybridized carbons (Fsp3) is 0.318. The first-order chi connectivity index (χ1) is 15.3. The number of esters is 1. The first kappa shape index (κ1) is 22.1. The van der Waals surface area contributed by atoms with Crippen LogP contribution in [0.25, 0.3) is 11.3 Å². The quantitative estimate of drug-likeness (QED) is 0.163. The summed E-state index contributed by atoms with van der Waals surface area (Å²) in [6, 6.07) is 8.63. The Bertz CT molecular complexity index is 1060. The first-order valence-electron chi connectivity index (χ1n) is 9.75. The SMILES string of the molecule is COC(=C1C(=O)Oc2c1ccc(O)c2[C@@H]1O[C@H](CO)[C@@H](O)[C@H](O)[C@H]1O)c1ccc(O)cc1. The van der Waals surface area contributed by atoms with Crippen LogP contribution in [0.4, 0.5) is 0 Å². The van der Waals surface area contributed by atoms with Gasteiger partial charge in [-0.2, -0.15) is 0 Å². The smallest absolute Gasteiger partial charge is 0.348 e. The van der Waals surface area contributed by atoms with Gasteiger partial charge in [-0.15, -0.1) is 0 Å². The monoisotopic (exact) mass is 446 g/mol. The fourth-order valence-corrected chi connectivity index (χ4v) is 3.96. The van der Waals surface area contributed by atoms with E-state index in [0.717, 1.165) is 0 Å². The van der Waals surface area contributed by atoms with E-state index in [1.54, 1.807) is 12.1 Å². The van der Waals surface area contributed by atoms with Crippen molar-refractivity contribution in [3.63, 3.8) is 0 Å². The van der Waals surface area contributed by atoms with E-state index in [4.69, 9.17) is 14.2 Å². The van der Waals surface area contributed by atoms with Crippen molar-refractivity contribution in [3.8, 4) is 17.2 Å². The Kier molecular flexibility index (Phi) is 5.80. The molecule has 6 N–H and O–H groups in total. The maximum Gasteiger partial charge on any atom is 0.348 e. The number of phenols is 2. The van der Waals surface area contributed by atoms with Crippen LogP contribution in [0, 0.1) is 0 Å². The number of aliphatic hydroxyl groups is 4. The van der Waals surface area contributed by atoms with Gasteiger partial charge in [0.1, 0.15) is 59.1 Å². The zero-order chi connectivity index (χ0) is 23.2. The lowest BCUT2D eigenvalue weighted by Gasteiger charge is -2.40. The molecule has 1 saturated heterocycles. The van der Waals surface area contributed by atoms with Gasteiger partial charge in [-0.05, 0) is 36.4 Å². The van der Waals surface area contributed by atoms with Gasteiger partial charge in [0.05, 0.1) is 19.3 Å². The highest BCUT2D eigenvalue weighted by Gasteiger charge is 2.47. The zero-order valence-corrected chi connectivity index (χ0v) is 16.9. The number of carbonyl (C=O) groups excluding carboxylic acids is 1. The molecular weight excluding hydrogens is 424 g/mol. The van der Waals surface area contributed by atoms with E-state index in [2.05, 4.69) is 0 Å². The molecule has 1 fully saturated rings. The molecule has 5 atom stereocenters. The highest BCUT2D eigenvalue weighted by Crippen LogP contribution is 2.49. The lowest BCUT2D eigenvalue weighted by Crippen LogP contribution is -2.55. The van der Waals surface area contributed by atoms with E-state index < -0.39 is 43.1 Å². The first-order valence-corrected chi connectivity index (χ1v) is 9.75. The molecule has 0 amide bonds. The van der Waals surface area contributed by atoms with Crippen molar-refractivity contribution in [2.24, 2.45) is 0 Å². The Balaban J connectivity index is 1.86. The van der Waals surface area contributed by atoms with Gasteiger partial charge >= 0.3 is 5.97 Å². The molecule has 0 saturated carbocycles. The molecule has 2 aliphatic rings. The van der Waals surface area contributed by atoms with Crippen LogP contribution < -0.4 is 4.74 Å². The highest BCUT2D eigenvalue weighted by molar-refractivity contribution is 6.28. The number of phenolic OH excluding ortho intramolecular Hbond substituents is 2. The fourth-order valence-electron chi connectivity index (χ4n) is 3.96. The van der Waals surface area contributed by atoms with Crippen molar-refractivity contribution in [1.29, 1.82) is 0 Å². The molecule has 0 unspecified atom stereocenters. The molecule has 2 aliphatic heterocycles. The third-order valence-corrected chi connectivity index (χ3v) is 5.58. The van der Waals surface area contributed by atoms with Crippen LogP contribution in [0.3, 0.4) is 0 Å². The summed E-state index contributed by atoms with van der Waals surface area (Å²) in [5, 5.41) is 60.2. The Morgan fingerprint density at radius 3 is 2.31 bits per heavy atom. The second kappa shape index (κ2) is 8.41. The van der Waals surface area contributed by atoms with Crippen LogP contribution in [0.1, 0.15) is 22.8 Å². The molecule has 0 aliphatic carbocycles. The molecule has 2 aromatic rings.